The van der Waals surface area contributed by atoms with E-state index >= 15 is 0 Å². The molecule has 5 heteroatoms. The fourth-order valence-corrected chi connectivity index (χ4v) is 2.25. The molecule has 0 amide bonds. The minimum absolute atomic E-state index is 0.308. The number of nitrogens with two attached hydrogens (primary N) is 1. The average molecular weight is 287 g/mol. The van der Waals surface area contributed by atoms with Crippen LogP contribution in [0.4, 0.5) is 0 Å². The van der Waals surface area contributed by atoms with E-state index in [9.17, 15) is 0 Å². The number of thiocarbonyl (C=S) groups is 1. The first kappa shape index (κ1) is 14.4. The van der Waals surface area contributed by atoms with Gasteiger partial charge in [0.15, 0.2) is 0 Å². The van der Waals surface area contributed by atoms with Crippen molar-refractivity contribution in [3.8, 4) is 5.88 Å². The average Bonchev–Trinajstić information content (AvgIpc) is 2.38. The molecule has 20 heavy (non-hydrogen) atoms. The maximum Gasteiger partial charge on any atom is 0.224 e. The van der Waals surface area contributed by atoms with Gasteiger partial charge in [-0.3, -0.25) is 4.98 Å². The Labute approximate surface area is 124 Å². The van der Waals surface area contributed by atoms with Crippen molar-refractivity contribution >= 4 is 17.2 Å². The number of pyridine rings is 2. The van der Waals surface area contributed by atoms with Crippen molar-refractivity contribution in [3.05, 3.63) is 53.0 Å². The molecule has 2 N–H and O–H groups in total. The van der Waals surface area contributed by atoms with E-state index in [1.165, 1.54) is 0 Å². The van der Waals surface area contributed by atoms with E-state index in [-0.39, 0.29) is 0 Å². The topological polar surface area (TPSA) is 61.0 Å². The SMILES string of the molecule is Cc1cc(C)c(C(N)=S)c(OCCc2ccccn2)n1. The molecule has 0 radical (unpaired) electrons. The molecule has 0 atom stereocenters. The normalized spacial score (nSPS) is 10.3. The summed E-state index contributed by atoms with van der Waals surface area (Å²) in [6.45, 7) is 4.36. The lowest BCUT2D eigenvalue weighted by molar-refractivity contribution is 0.307. The van der Waals surface area contributed by atoms with Crippen LogP contribution in [-0.2, 0) is 6.42 Å². The highest BCUT2D eigenvalue weighted by Crippen LogP contribution is 2.21. The molecule has 4 nitrogen and oxygen atoms in total. The van der Waals surface area contributed by atoms with Gasteiger partial charge in [-0.15, -0.1) is 0 Å². The van der Waals surface area contributed by atoms with E-state index in [4.69, 9.17) is 22.7 Å². The van der Waals surface area contributed by atoms with Crippen molar-refractivity contribution in [1.29, 1.82) is 0 Å². The van der Waals surface area contributed by atoms with E-state index in [2.05, 4.69) is 9.97 Å². The molecule has 0 aromatic carbocycles. The summed E-state index contributed by atoms with van der Waals surface area (Å²) in [6.07, 6.45) is 2.48. The van der Waals surface area contributed by atoms with Gasteiger partial charge in [-0.1, -0.05) is 18.3 Å². The van der Waals surface area contributed by atoms with Crippen molar-refractivity contribution < 1.29 is 4.74 Å². The molecule has 0 spiro atoms. The minimum Gasteiger partial charge on any atom is -0.477 e. The molecular weight excluding hydrogens is 270 g/mol. The van der Waals surface area contributed by atoms with Crippen molar-refractivity contribution in [1.82, 2.24) is 9.97 Å². The summed E-state index contributed by atoms with van der Waals surface area (Å²) in [6, 6.07) is 7.76. The number of rotatable bonds is 5. The fourth-order valence-electron chi connectivity index (χ4n) is 2.00. The van der Waals surface area contributed by atoms with E-state index in [1.807, 2.05) is 38.1 Å². The van der Waals surface area contributed by atoms with E-state index < -0.39 is 0 Å². The molecule has 2 aromatic rings. The lowest BCUT2D eigenvalue weighted by atomic mass is 10.1. The molecule has 2 aromatic heterocycles. The predicted molar refractivity (Wildman–Crippen MR) is 83.0 cm³/mol. The van der Waals surface area contributed by atoms with Gasteiger partial charge >= 0.3 is 0 Å². The number of nitrogens with zero attached hydrogens (tertiary/aromatic N) is 2. The number of aromatic nitrogens is 2. The van der Waals surface area contributed by atoms with Gasteiger partial charge in [0.05, 0.1) is 12.2 Å². The molecule has 2 heterocycles. The Bertz CT molecular complexity index is 614. The monoisotopic (exact) mass is 287 g/mol. The first-order chi connectivity index (χ1) is 9.58. The first-order valence-electron chi connectivity index (χ1n) is 6.38. The van der Waals surface area contributed by atoms with Gasteiger partial charge < -0.3 is 10.5 Å². The van der Waals surface area contributed by atoms with Crippen molar-refractivity contribution in [2.45, 2.75) is 20.3 Å². The second kappa shape index (κ2) is 6.43. The number of hydrogen-bond donors (Lipinski definition) is 1. The number of ether oxygens (including phenoxy) is 1. The van der Waals surface area contributed by atoms with Crippen LogP contribution >= 0.6 is 12.2 Å². The van der Waals surface area contributed by atoms with Crippen molar-refractivity contribution in [2.75, 3.05) is 6.61 Å². The summed E-state index contributed by atoms with van der Waals surface area (Å²) in [4.78, 5) is 8.94. The van der Waals surface area contributed by atoms with E-state index in [0.29, 0.717) is 29.5 Å². The van der Waals surface area contributed by atoms with Gasteiger partial charge in [0.2, 0.25) is 5.88 Å². The zero-order valence-corrected chi connectivity index (χ0v) is 12.4. The quantitative estimate of drug-likeness (QED) is 0.855. The molecule has 104 valence electrons. The van der Waals surface area contributed by atoms with Crippen LogP contribution in [0, 0.1) is 13.8 Å². The Morgan fingerprint density at radius 1 is 1.35 bits per heavy atom. The van der Waals surface area contributed by atoms with Crippen LogP contribution < -0.4 is 10.5 Å². The minimum atomic E-state index is 0.308. The van der Waals surface area contributed by atoms with Crippen LogP contribution in [0.25, 0.3) is 0 Å². The fraction of sp³-hybridized carbons (Fsp3) is 0.267. The van der Waals surface area contributed by atoms with Crippen LogP contribution in [0.15, 0.2) is 30.5 Å². The maximum absolute atomic E-state index is 5.75. The van der Waals surface area contributed by atoms with Crippen LogP contribution in [0.5, 0.6) is 5.88 Å². The molecule has 0 unspecified atom stereocenters. The van der Waals surface area contributed by atoms with Gasteiger partial charge in [0, 0.05) is 24.0 Å². The van der Waals surface area contributed by atoms with Gasteiger partial charge in [-0.05, 0) is 37.6 Å². The smallest absolute Gasteiger partial charge is 0.224 e. The van der Waals surface area contributed by atoms with E-state index in [1.54, 1.807) is 6.20 Å². The van der Waals surface area contributed by atoms with Crippen LogP contribution in [0.2, 0.25) is 0 Å². The van der Waals surface area contributed by atoms with Crippen molar-refractivity contribution in [3.63, 3.8) is 0 Å². The van der Waals surface area contributed by atoms with Crippen molar-refractivity contribution in [2.24, 2.45) is 5.73 Å². The van der Waals surface area contributed by atoms with Gasteiger partial charge in [-0.25, -0.2) is 4.98 Å². The third-order valence-corrected chi connectivity index (χ3v) is 3.09. The van der Waals surface area contributed by atoms with Crippen LogP contribution in [-0.4, -0.2) is 21.6 Å². The zero-order chi connectivity index (χ0) is 14.5. The Morgan fingerprint density at radius 2 is 2.15 bits per heavy atom. The summed E-state index contributed by atoms with van der Waals surface area (Å²) >= 11 is 5.07. The largest absolute Gasteiger partial charge is 0.477 e. The standard InChI is InChI=1S/C15H17N3OS/c1-10-9-11(2)18-15(13(10)14(16)20)19-8-6-12-5-3-4-7-17-12/h3-5,7,9H,6,8H2,1-2H3,(H2,16,20). The summed E-state index contributed by atoms with van der Waals surface area (Å²) in [5.41, 5.74) is 9.31. The molecular formula is C15H17N3OS. The Kier molecular flexibility index (Phi) is 4.63. The summed E-state index contributed by atoms with van der Waals surface area (Å²) in [5.74, 6) is 0.505. The molecule has 0 aliphatic heterocycles. The zero-order valence-electron chi connectivity index (χ0n) is 11.6. The number of aryl methyl sites for hydroxylation is 2. The molecule has 2 rings (SSSR count). The third kappa shape index (κ3) is 3.51. The predicted octanol–water partition coefficient (Wildman–Crippen LogP) is 2.35. The Hall–Kier alpha value is -2.01. The molecule has 0 saturated heterocycles. The van der Waals surface area contributed by atoms with Gasteiger partial charge in [-0.2, -0.15) is 0 Å². The maximum atomic E-state index is 5.75. The van der Waals surface area contributed by atoms with Crippen LogP contribution in [0.1, 0.15) is 22.5 Å². The Morgan fingerprint density at radius 3 is 2.80 bits per heavy atom. The second-order valence-electron chi connectivity index (χ2n) is 4.54. The molecule has 0 bridgehead atoms. The first-order valence-corrected chi connectivity index (χ1v) is 6.79. The number of hydrogen-bond acceptors (Lipinski definition) is 4. The molecule has 0 fully saturated rings. The Balaban J connectivity index is 2.11. The molecule has 0 saturated carbocycles. The highest BCUT2D eigenvalue weighted by molar-refractivity contribution is 7.80. The van der Waals surface area contributed by atoms with Gasteiger partial charge in [0.25, 0.3) is 0 Å². The summed E-state index contributed by atoms with van der Waals surface area (Å²) < 4.78 is 5.75. The second-order valence-corrected chi connectivity index (χ2v) is 4.98. The lowest BCUT2D eigenvalue weighted by Crippen LogP contribution is -2.16. The molecule has 0 aliphatic carbocycles. The van der Waals surface area contributed by atoms with Gasteiger partial charge in [0.1, 0.15) is 4.99 Å². The molecule has 0 aliphatic rings. The highest BCUT2D eigenvalue weighted by Gasteiger charge is 2.12. The van der Waals surface area contributed by atoms with Crippen LogP contribution in [0.3, 0.4) is 0 Å². The van der Waals surface area contributed by atoms with E-state index in [0.717, 1.165) is 17.0 Å². The third-order valence-electron chi connectivity index (χ3n) is 2.88. The highest BCUT2D eigenvalue weighted by atomic mass is 32.1. The lowest BCUT2D eigenvalue weighted by Gasteiger charge is -2.12. The summed E-state index contributed by atoms with van der Waals surface area (Å²) in [5, 5.41) is 0. The summed E-state index contributed by atoms with van der Waals surface area (Å²) in [7, 11) is 0.